The number of hydrogen-bond acceptors (Lipinski definition) is 2. The van der Waals surface area contributed by atoms with Gasteiger partial charge in [0.2, 0.25) is 5.91 Å². The van der Waals surface area contributed by atoms with E-state index in [0.717, 1.165) is 0 Å². The van der Waals surface area contributed by atoms with Crippen LogP contribution in [-0.4, -0.2) is 18.5 Å². The van der Waals surface area contributed by atoms with E-state index in [4.69, 9.17) is 12.2 Å². The Hall–Kier alpha value is -1.45. The van der Waals surface area contributed by atoms with Crippen molar-refractivity contribution in [3.8, 4) is 24.2 Å². The summed E-state index contributed by atoms with van der Waals surface area (Å²) in [6, 6.07) is -0.598. The predicted molar refractivity (Wildman–Crippen MR) is 52.5 cm³/mol. The second kappa shape index (κ2) is 7.21. The number of hydrogen-bond donors (Lipinski definition) is 2. The van der Waals surface area contributed by atoms with E-state index in [9.17, 15) is 4.79 Å². The largest absolute Gasteiger partial charge is 0.354 e. The Balaban J connectivity index is 3.61. The summed E-state index contributed by atoms with van der Waals surface area (Å²) < 4.78 is 0. The second-order valence-electron chi connectivity index (χ2n) is 2.48. The lowest BCUT2D eigenvalue weighted by Crippen LogP contribution is -2.40. The summed E-state index contributed by atoms with van der Waals surface area (Å²) in [5.74, 6) is 7.68. The summed E-state index contributed by atoms with van der Waals surface area (Å²) in [5.41, 5.74) is 5.45. The number of carbonyl (C=O) groups is 1. The van der Waals surface area contributed by atoms with Crippen LogP contribution >= 0.6 is 0 Å². The van der Waals surface area contributed by atoms with Crippen molar-refractivity contribution in [2.75, 3.05) is 6.54 Å². The van der Waals surface area contributed by atoms with Gasteiger partial charge < -0.3 is 11.1 Å². The van der Waals surface area contributed by atoms with Crippen molar-refractivity contribution in [2.24, 2.45) is 5.73 Å². The van der Waals surface area contributed by atoms with Crippen LogP contribution in [0.15, 0.2) is 0 Å². The molecular formula is C10H14N2O. The normalized spacial score (nSPS) is 10.5. The lowest BCUT2D eigenvalue weighted by Gasteiger charge is -2.07. The molecule has 1 unspecified atom stereocenters. The molecule has 0 heterocycles. The van der Waals surface area contributed by atoms with Crippen molar-refractivity contribution in [2.45, 2.75) is 25.8 Å². The first-order chi connectivity index (χ1) is 6.22. The van der Waals surface area contributed by atoms with Crippen molar-refractivity contribution in [1.29, 1.82) is 0 Å². The second-order valence-corrected chi connectivity index (χ2v) is 2.48. The number of rotatable bonds is 4. The zero-order valence-corrected chi connectivity index (χ0v) is 7.76. The van der Waals surface area contributed by atoms with Gasteiger partial charge in [-0.15, -0.1) is 24.2 Å². The van der Waals surface area contributed by atoms with Crippen LogP contribution in [-0.2, 0) is 4.79 Å². The topological polar surface area (TPSA) is 55.1 Å². The van der Waals surface area contributed by atoms with Crippen molar-refractivity contribution < 1.29 is 4.79 Å². The zero-order chi connectivity index (χ0) is 10.1. The fourth-order valence-electron chi connectivity index (χ4n) is 0.724. The fraction of sp³-hybridized carbons (Fsp3) is 0.500. The van der Waals surface area contributed by atoms with E-state index in [1.54, 1.807) is 6.92 Å². The van der Waals surface area contributed by atoms with Crippen LogP contribution in [0.3, 0.4) is 0 Å². The molecule has 0 rings (SSSR count). The summed E-state index contributed by atoms with van der Waals surface area (Å²) in [7, 11) is 0. The van der Waals surface area contributed by atoms with Crippen molar-refractivity contribution in [3.05, 3.63) is 0 Å². The van der Waals surface area contributed by atoms with Crippen LogP contribution in [0, 0.1) is 24.2 Å². The highest BCUT2D eigenvalue weighted by atomic mass is 16.2. The summed E-state index contributed by atoms with van der Waals surface area (Å²) >= 11 is 0. The monoisotopic (exact) mass is 178 g/mol. The molecule has 13 heavy (non-hydrogen) atoms. The highest BCUT2D eigenvalue weighted by molar-refractivity contribution is 5.81. The van der Waals surface area contributed by atoms with Gasteiger partial charge >= 0.3 is 0 Å². The molecule has 3 nitrogen and oxygen atoms in total. The number of nitrogens with one attached hydrogen (secondary N) is 1. The van der Waals surface area contributed by atoms with Gasteiger partial charge in [-0.3, -0.25) is 4.79 Å². The van der Waals surface area contributed by atoms with E-state index in [2.05, 4.69) is 23.1 Å². The first kappa shape index (κ1) is 11.6. The maximum Gasteiger partial charge on any atom is 0.237 e. The number of carbonyl (C=O) groups excluding carboxylic acids is 1. The molecule has 1 atom stereocenters. The summed E-state index contributed by atoms with van der Waals surface area (Å²) in [6.07, 6.45) is 5.92. The van der Waals surface area contributed by atoms with E-state index in [1.807, 2.05) is 0 Å². The van der Waals surface area contributed by atoms with E-state index < -0.39 is 6.04 Å². The summed E-state index contributed by atoms with van der Waals surface area (Å²) in [6.45, 7) is 2.28. The highest BCUT2D eigenvalue weighted by Crippen LogP contribution is 1.85. The molecule has 0 fully saturated rings. The van der Waals surface area contributed by atoms with Crippen LogP contribution in [0.4, 0.5) is 0 Å². The van der Waals surface area contributed by atoms with Gasteiger partial charge in [0.05, 0.1) is 6.04 Å². The molecule has 0 aromatic rings. The van der Waals surface area contributed by atoms with E-state index in [1.165, 1.54) is 0 Å². The van der Waals surface area contributed by atoms with Crippen molar-refractivity contribution in [1.82, 2.24) is 5.32 Å². The molecule has 3 N–H and O–H groups in total. The van der Waals surface area contributed by atoms with Crippen molar-refractivity contribution in [3.63, 3.8) is 0 Å². The van der Waals surface area contributed by atoms with Gasteiger partial charge in [-0.1, -0.05) is 0 Å². The molecule has 0 aliphatic heterocycles. The van der Waals surface area contributed by atoms with Gasteiger partial charge in [0, 0.05) is 19.4 Å². The predicted octanol–water partition coefficient (Wildman–Crippen LogP) is -0.133. The summed E-state index contributed by atoms with van der Waals surface area (Å²) in [4.78, 5) is 11.1. The Morgan fingerprint density at radius 2 is 2.38 bits per heavy atom. The van der Waals surface area contributed by atoms with Gasteiger partial charge in [0.25, 0.3) is 0 Å². The average Bonchev–Trinajstić information content (AvgIpc) is 2.12. The minimum atomic E-state index is -0.598. The average molecular weight is 178 g/mol. The minimum Gasteiger partial charge on any atom is -0.354 e. The summed E-state index contributed by atoms with van der Waals surface area (Å²) in [5, 5.41) is 2.64. The molecule has 0 radical (unpaired) electrons. The van der Waals surface area contributed by atoms with Crippen LogP contribution in [0.5, 0.6) is 0 Å². The lowest BCUT2D eigenvalue weighted by atomic mass is 10.2. The molecule has 0 aliphatic carbocycles. The van der Waals surface area contributed by atoms with Crippen molar-refractivity contribution >= 4 is 5.91 Å². The Morgan fingerprint density at radius 3 is 2.92 bits per heavy atom. The van der Waals surface area contributed by atoms with Gasteiger partial charge in [0.15, 0.2) is 0 Å². The SMILES string of the molecule is C#CCC(N)C(=O)NCCC#CC. The van der Waals surface area contributed by atoms with E-state index in [0.29, 0.717) is 13.0 Å². The first-order valence-electron chi connectivity index (χ1n) is 4.08. The maximum absolute atomic E-state index is 11.1. The molecular weight excluding hydrogens is 164 g/mol. The Bertz CT molecular complexity index is 254. The molecule has 0 aliphatic rings. The van der Waals surface area contributed by atoms with E-state index in [-0.39, 0.29) is 12.3 Å². The fourth-order valence-corrected chi connectivity index (χ4v) is 0.724. The Morgan fingerprint density at radius 1 is 1.69 bits per heavy atom. The number of amides is 1. The van der Waals surface area contributed by atoms with Crippen LogP contribution in [0.2, 0.25) is 0 Å². The van der Waals surface area contributed by atoms with Gasteiger partial charge in [0.1, 0.15) is 0 Å². The smallest absolute Gasteiger partial charge is 0.237 e. The zero-order valence-electron chi connectivity index (χ0n) is 7.76. The molecule has 0 bridgehead atoms. The molecule has 0 saturated carbocycles. The quantitative estimate of drug-likeness (QED) is 0.465. The molecule has 0 saturated heterocycles. The number of nitrogens with two attached hydrogens (primary N) is 1. The molecule has 0 aromatic carbocycles. The van der Waals surface area contributed by atoms with Crippen LogP contribution in [0.25, 0.3) is 0 Å². The van der Waals surface area contributed by atoms with Gasteiger partial charge in [-0.05, 0) is 6.92 Å². The van der Waals surface area contributed by atoms with Crippen LogP contribution in [0.1, 0.15) is 19.8 Å². The third-order valence-corrected chi connectivity index (χ3v) is 1.40. The maximum atomic E-state index is 11.1. The van der Waals surface area contributed by atoms with Crippen LogP contribution < -0.4 is 11.1 Å². The molecule has 1 amide bonds. The number of terminal acetylenes is 1. The van der Waals surface area contributed by atoms with E-state index >= 15 is 0 Å². The first-order valence-corrected chi connectivity index (χ1v) is 4.08. The standard InChI is InChI=1S/C10H14N2O/c1-3-5-6-8-12-10(13)9(11)7-4-2/h2,9H,6-8,11H2,1H3,(H,12,13). The molecule has 70 valence electrons. The lowest BCUT2D eigenvalue weighted by molar-refractivity contribution is -0.122. The third-order valence-electron chi connectivity index (χ3n) is 1.40. The molecule has 0 aromatic heterocycles. The molecule has 0 spiro atoms. The van der Waals surface area contributed by atoms with Gasteiger partial charge in [-0.2, -0.15) is 0 Å². The molecule has 3 heteroatoms. The Labute approximate surface area is 79.1 Å². The Kier molecular flexibility index (Phi) is 6.41. The third kappa shape index (κ3) is 5.78. The highest BCUT2D eigenvalue weighted by Gasteiger charge is 2.09. The van der Waals surface area contributed by atoms with Gasteiger partial charge in [-0.25, -0.2) is 0 Å². The minimum absolute atomic E-state index is 0.212.